The molecule has 2 atom stereocenters. The van der Waals surface area contributed by atoms with Crippen molar-refractivity contribution in [2.24, 2.45) is 0 Å². The number of aromatic carboxylic acids is 2. The summed E-state index contributed by atoms with van der Waals surface area (Å²) in [7, 11) is 0. The van der Waals surface area contributed by atoms with Crippen LogP contribution in [0.15, 0.2) is 109 Å². The molecule has 6 aromatic rings. The van der Waals surface area contributed by atoms with Crippen molar-refractivity contribution in [2.75, 3.05) is 0 Å². The minimum absolute atomic E-state index is 0.0535. The van der Waals surface area contributed by atoms with Gasteiger partial charge in [-0.15, -0.1) is 0 Å². The lowest BCUT2D eigenvalue weighted by Crippen LogP contribution is -1.98. The van der Waals surface area contributed by atoms with Gasteiger partial charge in [0.15, 0.2) is 17.2 Å². The highest BCUT2D eigenvalue weighted by Crippen LogP contribution is 2.20. The monoisotopic (exact) mass is 676 g/mol. The highest BCUT2D eigenvalue weighted by atomic mass is 16.5. The van der Waals surface area contributed by atoms with Crippen LogP contribution in [0.5, 0.6) is 5.75 Å². The smallest absolute Gasteiger partial charge is 0.356 e. The quantitative estimate of drug-likeness (QED) is 0.0843. The second-order valence-electron chi connectivity index (χ2n) is 11.6. The SMILES string of the molecule is CC(=O)c1cc(COc2ccccc2)[nH]n1.CC(Cc1cc(C(=O)O)n[nH]1)c1ccccc1.CC(Cc1ccccc1)c1cc(C(=O)O)n[nH]1. The first kappa shape index (κ1) is 36.5. The van der Waals surface area contributed by atoms with E-state index in [-0.39, 0.29) is 23.1 Å². The van der Waals surface area contributed by atoms with Gasteiger partial charge in [-0.3, -0.25) is 20.1 Å². The molecule has 0 spiro atoms. The van der Waals surface area contributed by atoms with Gasteiger partial charge in [-0.05, 0) is 60.2 Å². The Morgan fingerprint density at radius 1 is 0.640 bits per heavy atom. The maximum Gasteiger partial charge on any atom is 0.356 e. The number of H-pyrrole nitrogens is 3. The van der Waals surface area contributed by atoms with E-state index in [4.69, 9.17) is 14.9 Å². The number of carboxylic acids is 2. The van der Waals surface area contributed by atoms with Crippen LogP contribution in [-0.2, 0) is 19.4 Å². The van der Waals surface area contributed by atoms with Crippen LogP contribution in [0, 0.1) is 0 Å². The van der Waals surface area contributed by atoms with Gasteiger partial charge < -0.3 is 14.9 Å². The number of ketones is 1. The number of nitrogens with zero attached hydrogens (tertiary/aromatic N) is 3. The molecule has 0 aliphatic rings. The first-order chi connectivity index (χ1) is 24.1. The van der Waals surface area contributed by atoms with Gasteiger partial charge in [0.1, 0.15) is 18.1 Å². The molecular weight excluding hydrogens is 636 g/mol. The largest absolute Gasteiger partial charge is 0.487 e. The van der Waals surface area contributed by atoms with Crippen LogP contribution >= 0.6 is 0 Å². The van der Waals surface area contributed by atoms with E-state index < -0.39 is 11.9 Å². The summed E-state index contributed by atoms with van der Waals surface area (Å²) in [6, 6.07) is 34.6. The molecule has 0 bridgehead atoms. The highest BCUT2D eigenvalue weighted by Gasteiger charge is 2.14. The molecule has 12 nitrogen and oxygen atoms in total. The van der Waals surface area contributed by atoms with Crippen molar-refractivity contribution in [2.45, 2.75) is 52.1 Å². The fourth-order valence-electron chi connectivity index (χ4n) is 4.87. The Morgan fingerprint density at radius 2 is 1.16 bits per heavy atom. The van der Waals surface area contributed by atoms with E-state index in [0.717, 1.165) is 35.7 Å². The summed E-state index contributed by atoms with van der Waals surface area (Å²) in [4.78, 5) is 32.4. The van der Waals surface area contributed by atoms with Crippen molar-refractivity contribution >= 4 is 17.7 Å². The standard InChI is InChI=1S/2C13H14N2O2.C12H12N2O2/c1-9(10-5-3-2-4-6-10)7-11-8-12(13(16)17)15-14-11;1-9(7-10-5-3-2-4-6-10)11-8-12(13(16)17)15-14-11;1-9(15)12-7-10(13-14-12)8-16-11-5-3-2-4-6-11/h2*2-6,8-9H,7H2,1H3,(H,14,15)(H,16,17);2-7H,8H2,1H3,(H,13,14). The number of rotatable bonds is 12. The average molecular weight is 677 g/mol. The molecule has 3 aromatic heterocycles. The van der Waals surface area contributed by atoms with Crippen molar-refractivity contribution in [3.63, 3.8) is 0 Å². The number of nitrogens with one attached hydrogen (secondary N) is 3. The molecule has 5 N–H and O–H groups in total. The number of aromatic nitrogens is 6. The molecule has 258 valence electrons. The third-order valence-electron chi connectivity index (χ3n) is 7.61. The van der Waals surface area contributed by atoms with Crippen LogP contribution in [0.4, 0.5) is 0 Å². The Hall–Kier alpha value is -6.30. The van der Waals surface area contributed by atoms with Gasteiger partial charge in [-0.1, -0.05) is 92.7 Å². The fraction of sp³-hybridized carbons (Fsp3) is 0.211. The summed E-state index contributed by atoms with van der Waals surface area (Å²) < 4.78 is 5.50. The molecular formula is C38H40N6O6. The normalized spacial score (nSPS) is 11.6. The third-order valence-corrected chi connectivity index (χ3v) is 7.61. The van der Waals surface area contributed by atoms with Crippen molar-refractivity contribution < 1.29 is 29.3 Å². The lowest BCUT2D eigenvalue weighted by atomic mass is 9.96. The molecule has 50 heavy (non-hydrogen) atoms. The minimum atomic E-state index is -1.00. The Kier molecular flexibility index (Phi) is 13.4. The summed E-state index contributed by atoms with van der Waals surface area (Å²) in [5.41, 5.74) is 5.52. The zero-order valence-electron chi connectivity index (χ0n) is 28.0. The molecule has 0 amide bonds. The molecule has 0 aliphatic carbocycles. The zero-order chi connectivity index (χ0) is 35.9. The first-order valence-corrected chi connectivity index (χ1v) is 16.0. The number of hydrogen-bond donors (Lipinski definition) is 5. The second-order valence-corrected chi connectivity index (χ2v) is 11.6. The summed E-state index contributed by atoms with van der Waals surface area (Å²) in [5.74, 6) is -0.709. The number of benzene rings is 3. The van der Waals surface area contributed by atoms with Crippen LogP contribution in [0.1, 0.15) is 92.3 Å². The lowest BCUT2D eigenvalue weighted by Gasteiger charge is -2.09. The van der Waals surface area contributed by atoms with Crippen LogP contribution in [0.2, 0.25) is 0 Å². The second kappa shape index (κ2) is 18.3. The number of para-hydroxylation sites is 1. The molecule has 0 aliphatic heterocycles. The molecule has 0 fully saturated rings. The van der Waals surface area contributed by atoms with Crippen molar-refractivity contribution in [1.29, 1.82) is 0 Å². The predicted octanol–water partition coefficient (Wildman–Crippen LogP) is 7.10. The number of hydrogen-bond acceptors (Lipinski definition) is 7. The average Bonchev–Trinajstić information content (AvgIpc) is 3.91. The maximum absolute atomic E-state index is 11.0. The zero-order valence-corrected chi connectivity index (χ0v) is 28.0. The van der Waals surface area contributed by atoms with Gasteiger partial charge in [0.2, 0.25) is 0 Å². The van der Waals surface area contributed by atoms with Crippen LogP contribution in [-0.4, -0.2) is 58.5 Å². The van der Waals surface area contributed by atoms with Crippen molar-refractivity contribution in [3.05, 3.63) is 154 Å². The highest BCUT2D eigenvalue weighted by molar-refractivity contribution is 5.92. The van der Waals surface area contributed by atoms with E-state index >= 15 is 0 Å². The van der Waals surface area contributed by atoms with E-state index in [1.165, 1.54) is 18.1 Å². The van der Waals surface area contributed by atoms with E-state index in [2.05, 4.69) is 61.8 Å². The molecule has 3 aromatic carbocycles. The van der Waals surface area contributed by atoms with E-state index in [1.54, 1.807) is 18.2 Å². The van der Waals surface area contributed by atoms with Crippen LogP contribution in [0.25, 0.3) is 0 Å². The molecule has 0 saturated heterocycles. The molecule has 2 unspecified atom stereocenters. The van der Waals surface area contributed by atoms with Gasteiger partial charge in [0.25, 0.3) is 0 Å². The van der Waals surface area contributed by atoms with Crippen molar-refractivity contribution in [1.82, 2.24) is 30.6 Å². The molecule has 3 heterocycles. The first-order valence-electron chi connectivity index (χ1n) is 16.0. The number of carbonyl (C=O) groups is 3. The Balaban J connectivity index is 0.000000169. The molecule has 0 radical (unpaired) electrons. The number of ether oxygens (including phenoxy) is 1. The van der Waals surface area contributed by atoms with Gasteiger partial charge in [0, 0.05) is 24.2 Å². The van der Waals surface area contributed by atoms with E-state index in [0.29, 0.717) is 18.2 Å². The third kappa shape index (κ3) is 11.4. The van der Waals surface area contributed by atoms with Gasteiger partial charge in [-0.2, -0.15) is 15.3 Å². The van der Waals surface area contributed by atoms with Gasteiger partial charge in [-0.25, -0.2) is 9.59 Å². The Morgan fingerprint density at radius 3 is 1.72 bits per heavy atom. The topological polar surface area (TPSA) is 187 Å². The molecule has 0 saturated carbocycles. The Labute approximate surface area is 289 Å². The molecule has 12 heteroatoms. The van der Waals surface area contributed by atoms with Crippen molar-refractivity contribution in [3.8, 4) is 5.75 Å². The maximum atomic E-state index is 11.0. The number of Topliss-reactive ketones (excluding diaryl/α,β-unsaturated/α-hetero) is 1. The van der Waals surface area contributed by atoms with E-state index in [9.17, 15) is 14.4 Å². The minimum Gasteiger partial charge on any atom is -0.487 e. The van der Waals surface area contributed by atoms with Crippen LogP contribution < -0.4 is 4.74 Å². The summed E-state index contributed by atoms with van der Waals surface area (Å²) >= 11 is 0. The summed E-state index contributed by atoms with van der Waals surface area (Å²) in [6.45, 7) is 6.02. The Bertz CT molecular complexity index is 1940. The van der Waals surface area contributed by atoms with E-state index in [1.807, 2.05) is 73.7 Å². The number of carboxylic acid groups (broad SMARTS) is 2. The van der Waals surface area contributed by atoms with Gasteiger partial charge >= 0.3 is 11.9 Å². The number of carbonyl (C=O) groups excluding carboxylic acids is 1. The molecule has 6 rings (SSSR count). The summed E-state index contributed by atoms with van der Waals surface area (Å²) in [6.07, 6.45) is 1.62. The van der Waals surface area contributed by atoms with Crippen LogP contribution in [0.3, 0.4) is 0 Å². The van der Waals surface area contributed by atoms with Gasteiger partial charge in [0.05, 0.1) is 5.69 Å². The predicted molar refractivity (Wildman–Crippen MR) is 188 cm³/mol. The number of aromatic amines is 3. The fourth-order valence-corrected chi connectivity index (χ4v) is 4.87. The summed E-state index contributed by atoms with van der Waals surface area (Å²) in [5, 5.41) is 37.2. The lowest BCUT2D eigenvalue weighted by molar-refractivity contribution is 0.0679.